The lowest BCUT2D eigenvalue weighted by Crippen LogP contribution is -2.37. The van der Waals surface area contributed by atoms with Crippen molar-refractivity contribution in [2.45, 2.75) is 26.7 Å². The van der Waals surface area contributed by atoms with Gasteiger partial charge >= 0.3 is 0 Å². The highest BCUT2D eigenvalue weighted by atomic mass is 16.2. The van der Waals surface area contributed by atoms with Crippen LogP contribution in [-0.2, 0) is 16.0 Å². The molecule has 0 saturated carbocycles. The Morgan fingerprint density at radius 3 is 2.75 bits per heavy atom. The second-order valence-corrected chi connectivity index (χ2v) is 5.75. The third kappa shape index (κ3) is 2.84. The van der Waals surface area contributed by atoms with E-state index in [4.69, 9.17) is 11.5 Å². The molecule has 2 amide bonds. The Bertz CT molecular complexity index is 567. The minimum atomic E-state index is -0.675. The van der Waals surface area contributed by atoms with E-state index in [1.807, 2.05) is 6.07 Å². The van der Waals surface area contributed by atoms with E-state index in [0.717, 1.165) is 11.3 Å². The van der Waals surface area contributed by atoms with E-state index >= 15 is 0 Å². The number of primary amides is 1. The minimum absolute atomic E-state index is 0.00527. The van der Waals surface area contributed by atoms with E-state index in [-0.39, 0.29) is 11.8 Å². The Morgan fingerprint density at radius 2 is 2.10 bits per heavy atom. The molecule has 6 heteroatoms. The summed E-state index contributed by atoms with van der Waals surface area (Å²) in [5, 5.41) is 5.94. The summed E-state index contributed by atoms with van der Waals surface area (Å²) in [6.07, 6.45) is 1.17. The molecule has 0 atom stereocenters. The fourth-order valence-electron chi connectivity index (χ4n) is 2.00. The highest BCUT2D eigenvalue weighted by molar-refractivity contribution is 5.95. The van der Waals surface area contributed by atoms with E-state index in [1.165, 1.54) is 0 Å². The number of fused-ring (bicyclic) bond motifs is 1. The summed E-state index contributed by atoms with van der Waals surface area (Å²) in [6, 6.07) is 3.66. The fourth-order valence-corrected chi connectivity index (χ4v) is 2.00. The SMILES string of the molecule is CC(C)(CNc1cc2c(cc1N)CCC(=O)N2)C(N)=O. The molecule has 0 bridgehead atoms. The first kappa shape index (κ1) is 14.2. The van der Waals surface area contributed by atoms with Crippen molar-refractivity contribution in [3.05, 3.63) is 17.7 Å². The number of carbonyl (C=O) groups excluding carboxylic acids is 2. The zero-order chi connectivity index (χ0) is 14.9. The van der Waals surface area contributed by atoms with Crippen LogP contribution in [0.1, 0.15) is 25.8 Å². The van der Waals surface area contributed by atoms with Gasteiger partial charge in [-0.05, 0) is 38.0 Å². The van der Waals surface area contributed by atoms with Gasteiger partial charge in [0.2, 0.25) is 11.8 Å². The summed E-state index contributed by atoms with van der Waals surface area (Å²) < 4.78 is 0. The molecule has 1 aliphatic rings. The smallest absolute Gasteiger partial charge is 0.224 e. The Labute approximate surface area is 117 Å². The molecular weight excluding hydrogens is 256 g/mol. The van der Waals surface area contributed by atoms with Crippen LogP contribution in [-0.4, -0.2) is 18.4 Å². The molecule has 0 fully saturated rings. The number of aryl methyl sites for hydroxylation is 1. The molecule has 6 nitrogen and oxygen atoms in total. The van der Waals surface area contributed by atoms with Crippen LogP contribution in [0.5, 0.6) is 0 Å². The molecule has 1 aromatic carbocycles. The number of hydrogen-bond acceptors (Lipinski definition) is 4. The van der Waals surface area contributed by atoms with Crippen molar-refractivity contribution < 1.29 is 9.59 Å². The van der Waals surface area contributed by atoms with Gasteiger partial charge in [-0.1, -0.05) is 0 Å². The summed E-state index contributed by atoms with van der Waals surface area (Å²) in [7, 11) is 0. The van der Waals surface area contributed by atoms with Gasteiger partial charge in [0.05, 0.1) is 16.8 Å². The van der Waals surface area contributed by atoms with Gasteiger partial charge < -0.3 is 22.1 Å². The van der Waals surface area contributed by atoms with E-state index in [9.17, 15) is 9.59 Å². The van der Waals surface area contributed by atoms with Gasteiger partial charge in [0.15, 0.2) is 0 Å². The second kappa shape index (κ2) is 5.03. The van der Waals surface area contributed by atoms with Crippen molar-refractivity contribution >= 4 is 28.9 Å². The number of rotatable bonds is 4. The van der Waals surface area contributed by atoms with E-state index in [2.05, 4.69) is 10.6 Å². The van der Waals surface area contributed by atoms with Crippen LogP contribution in [0.15, 0.2) is 12.1 Å². The van der Waals surface area contributed by atoms with Gasteiger partial charge in [0.25, 0.3) is 0 Å². The molecular formula is C14H20N4O2. The van der Waals surface area contributed by atoms with Crippen molar-refractivity contribution in [2.24, 2.45) is 11.1 Å². The summed E-state index contributed by atoms with van der Waals surface area (Å²) >= 11 is 0. The molecule has 1 heterocycles. The first-order chi connectivity index (χ1) is 9.29. The van der Waals surface area contributed by atoms with Gasteiger partial charge in [-0.2, -0.15) is 0 Å². The van der Waals surface area contributed by atoms with Crippen molar-refractivity contribution in [1.29, 1.82) is 0 Å². The van der Waals surface area contributed by atoms with Crippen LogP contribution >= 0.6 is 0 Å². The average Bonchev–Trinajstić information content (AvgIpc) is 2.36. The lowest BCUT2D eigenvalue weighted by Gasteiger charge is -2.24. The van der Waals surface area contributed by atoms with Gasteiger partial charge in [-0.15, -0.1) is 0 Å². The molecule has 0 unspecified atom stereocenters. The lowest BCUT2D eigenvalue weighted by molar-refractivity contribution is -0.125. The van der Waals surface area contributed by atoms with Crippen molar-refractivity contribution in [1.82, 2.24) is 0 Å². The van der Waals surface area contributed by atoms with Gasteiger partial charge in [-0.25, -0.2) is 0 Å². The molecule has 108 valence electrons. The van der Waals surface area contributed by atoms with Crippen LogP contribution < -0.4 is 22.1 Å². The maximum Gasteiger partial charge on any atom is 0.224 e. The number of carbonyl (C=O) groups is 2. The zero-order valence-corrected chi connectivity index (χ0v) is 11.7. The normalized spacial score (nSPS) is 14.4. The molecule has 0 radical (unpaired) electrons. The van der Waals surface area contributed by atoms with Gasteiger partial charge in [0.1, 0.15) is 0 Å². The summed E-state index contributed by atoms with van der Waals surface area (Å²) in [4.78, 5) is 22.7. The molecule has 20 heavy (non-hydrogen) atoms. The molecule has 2 rings (SSSR count). The van der Waals surface area contributed by atoms with Crippen molar-refractivity contribution in [2.75, 3.05) is 22.9 Å². The quantitative estimate of drug-likeness (QED) is 0.617. The fraction of sp³-hybridized carbons (Fsp3) is 0.429. The number of benzene rings is 1. The number of anilines is 3. The van der Waals surface area contributed by atoms with Crippen LogP contribution in [0.3, 0.4) is 0 Å². The average molecular weight is 276 g/mol. The summed E-state index contributed by atoms with van der Waals surface area (Å²) in [6.45, 7) is 3.90. The number of nitrogen functional groups attached to an aromatic ring is 1. The summed E-state index contributed by atoms with van der Waals surface area (Å²) in [5.41, 5.74) is 13.7. The van der Waals surface area contributed by atoms with Gasteiger partial charge in [0, 0.05) is 18.7 Å². The first-order valence-corrected chi connectivity index (χ1v) is 6.55. The Morgan fingerprint density at radius 1 is 1.40 bits per heavy atom. The highest BCUT2D eigenvalue weighted by Crippen LogP contribution is 2.31. The number of nitrogens with two attached hydrogens (primary N) is 2. The predicted octanol–water partition coefficient (Wildman–Crippen LogP) is 1.08. The molecule has 0 aromatic heterocycles. The third-order valence-corrected chi connectivity index (χ3v) is 3.56. The zero-order valence-electron chi connectivity index (χ0n) is 11.7. The van der Waals surface area contributed by atoms with Crippen LogP contribution in [0.2, 0.25) is 0 Å². The minimum Gasteiger partial charge on any atom is -0.397 e. The monoisotopic (exact) mass is 276 g/mol. The van der Waals surface area contributed by atoms with Crippen LogP contribution in [0.4, 0.5) is 17.1 Å². The largest absolute Gasteiger partial charge is 0.397 e. The molecule has 1 aliphatic heterocycles. The maximum atomic E-state index is 11.4. The van der Waals surface area contributed by atoms with E-state index < -0.39 is 5.41 Å². The number of hydrogen-bond donors (Lipinski definition) is 4. The summed E-state index contributed by atoms with van der Waals surface area (Å²) in [5.74, 6) is -0.375. The lowest BCUT2D eigenvalue weighted by atomic mass is 9.92. The molecule has 0 saturated heterocycles. The first-order valence-electron chi connectivity index (χ1n) is 6.55. The second-order valence-electron chi connectivity index (χ2n) is 5.75. The molecule has 1 aromatic rings. The Balaban J connectivity index is 2.19. The Hall–Kier alpha value is -2.24. The van der Waals surface area contributed by atoms with E-state index in [0.29, 0.717) is 30.8 Å². The number of nitrogens with one attached hydrogen (secondary N) is 2. The topological polar surface area (TPSA) is 110 Å². The predicted molar refractivity (Wildman–Crippen MR) is 79.3 cm³/mol. The van der Waals surface area contributed by atoms with Crippen molar-refractivity contribution in [3.63, 3.8) is 0 Å². The maximum absolute atomic E-state index is 11.4. The van der Waals surface area contributed by atoms with Gasteiger partial charge in [-0.3, -0.25) is 9.59 Å². The van der Waals surface area contributed by atoms with Crippen LogP contribution in [0.25, 0.3) is 0 Å². The molecule has 0 spiro atoms. The standard InChI is InChI=1S/C14H20N4O2/c1-14(2,13(16)20)7-17-11-6-10-8(5-9(11)15)3-4-12(19)18-10/h5-6,17H,3-4,7,15H2,1-2H3,(H2,16,20)(H,18,19). The highest BCUT2D eigenvalue weighted by Gasteiger charge is 2.25. The van der Waals surface area contributed by atoms with E-state index in [1.54, 1.807) is 19.9 Å². The Kier molecular flexibility index (Phi) is 3.57. The molecule has 6 N–H and O–H groups in total. The third-order valence-electron chi connectivity index (χ3n) is 3.56. The van der Waals surface area contributed by atoms with Crippen molar-refractivity contribution in [3.8, 4) is 0 Å². The number of amides is 2. The molecule has 0 aliphatic carbocycles. The van der Waals surface area contributed by atoms with Crippen LogP contribution in [0, 0.1) is 5.41 Å².